The SMILES string of the molecule is Cc1ccc(Nc2nc(Cl)nc3c2cnn3Cc2ccccc2)cc1. The molecule has 2 heterocycles. The van der Waals surface area contributed by atoms with Crippen molar-refractivity contribution in [1.82, 2.24) is 19.7 Å². The maximum absolute atomic E-state index is 6.14. The van der Waals surface area contributed by atoms with Crippen LogP contribution in [0.2, 0.25) is 5.28 Å². The van der Waals surface area contributed by atoms with Gasteiger partial charge in [-0.25, -0.2) is 4.68 Å². The zero-order chi connectivity index (χ0) is 17.2. The van der Waals surface area contributed by atoms with Gasteiger partial charge in [-0.3, -0.25) is 0 Å². The smallest absolute Gasteiger partial charge is 0.226 e. The van der Waals surface area contributed by atoms with Crippen LogP contribution in [0, 0.1) is 6.92 Å². The minimum Gasteiger partial charge on any atom is -0.339 e. The molecule has 0 aliphatic rings. The Kier molecular flexibility index (Phi) is 4.07. The first-order valence-electron chi connectivity index (χ1n) is 7.96. The third-order valence-corrected chi connectivity index (χ3v) is 4.13. The number of hydrogen-bond acceptors (Lipinski definition) is 4. The highest BCUT2D eigenvalue weighted by atomic mass is 35.5. The molecule has 0 bridgehead atoms. The van der Waals surface area contributed by atoms with Crippen molar-refractivity contribution >= 4 is 34.1 Å². The summed E-state index contributed by atoms with van der Waals surface area (Å²) in [6.45, 7) is 2.68. The molecule has 2 aromatic heterocycles. The van der Waals surface area contributed by atoms with E-state index in [9.17, 15) is 0 Å². The first kappa shape index (κ1) is 15.6. The average molecular weight is 350 g/mol. The lowest BCUT2D eigenvalue weighted by molar-refractivity contribution is 0.704. The van der Waals surface area contributed by atoms with Crippen molar-refractivity contribution in [2.24, 2.45) is 0 Å². The van der Waals surface area contributed by atoms with Gasteiger partial charge in [-0.1, -0.05) is 48.0 Å². The molecule has 4 aromatic rings. The minimum atomic E-state index is 0.192. The van der Waals surface area contributed by atoms with E-state index in [1.54, 1.807) is 6.20 Å². The number of benzene rings is 2. The molecule has 25 heavy (non-hydrogen) atoms. The number of nitrogens with one attached hydrogen (secondary N) is 1. The van der Waals surface area contributed by atoms with Gasteiger partial charge in [-0.05, 0) is 36.2 Å². The molecule has 4 rings (SSSR count). The topological polar surface area (TPSA) is 55.6 Å². The lowest BCUT2D eigenvalue weighted by Crippen LogP contribution is -2.03. The molecule has 124 valence electrons. The van der Waals surface area contributed by atoms with Crippen molar-refractivity contribution in [3.63, 3.8) is 0 Å². The number of aromatic nitrogens is 4. The molecule has 0 atom stereocenters. The molecule has 0 unspecified atom stereocenters. The van der Waals surface area contributed by atoms with E-state index in [-0.39, 0.29) is 5.28 Å². The molecule has 0 amide bonds. The third-order valence-electron chi connectivity index (χ3n) is 3.96. The van der Waals surface area contributed by atoms with E-state index in [0.717, 1.165) is 16.6 Å². The van der Waals surface area contributed by atoms with Gasteiger partial charge in [0.1, 0.15) is 5.82 Å². The maximum Gasteiger partial charge on any atom is 0.226 e. The van der Waals surface area contributed by atoms with Crippen LogP contribution in [0.4, 0.5) is 11.5 Å². The summed E-state index contributed by atoms with van der Waals surface area (Å²) in [6, 6.07) is 18.2. The third kappa shape index (κ3) is 3.32. The predicted molar refractivity (Wildman–Crippen MR) is 100 cm³/mol. The van der Waals surface area contributed by atoms with Crippen molar-refractivity contribution in [1.29, 1.82) is 0 Å². The molecular weight excluding hydrogens is 334 g/mol. The van der Waals surface area contributed by atoms with Gasteiger partial charge in [0.15, 0.2) is 5.65 Å². The van der Waals surface area contributed by atoms with Crippen molar-refractivity contribution in [3.8, 4) is 0 Å². The van der Waals surface area contributed by atoms with E-state index in [0.29, 0.717) is 18.0 Å². The Bertz CT molecular complexity index is 1010. The summed E-state index contributed by atoms with van der Waals surface area (Å²) in [5.41, 5.74) is 4.00. The van der Waals surface area contributed by atoms with Crippen molar-refractivity contribution in [3.05, 3.63) is 77.2 Å². The van der Waals surface area contributed by atoms with E-state index in [4.69, 9.17) is 11.6 Å². The van der Waals surface area contributed by atoms with E-state index < -0.39 is 0 Å². The normalized spacial score (nSPS) is 11.0. The molecule has 0 saturated heterocycles. The molecule has 5 nitrogen and oxygen atoms in total. The summed E-state index contributed by atoms with van der Waals surface area (Å²) in [4.78, 5) is 8.69. The van der Waals surface area contributed by atoms with Crippen LogP contribution >= 0.6 is 11.6 Å². The maximum atomic E-state index is 6.14. The first-order chi connectivity index (χ1) is 12.2. The fourth-order valence-corrected chi connectivity index (χ4v) is 2.83. The Balaban J connectivity index is 1.72. The van der Waals surface area contributed by atoms with E-state index in [2.05, 4.69) is 39.4 Å². The van der Waals surface area contributed by atoms with Crippen molar-refractivity contribution in [2.75, 3.05) is 5.32 Å². The molecule has 1 N–H and O–H groups in total. The standard InChI is InChI=1S/C19H16ClN5/c1-13-7-9-15(10-8-13)22-17-16-11-21-25(18(16)24-19(20)23-17)12-14-5-3-2-4-6-14/h2-11H,12H2,1H3,(H,22,23,24). The van der Waals surface area contributed by atoms with Gasteiger partial charge >= 0.3 is 0 Å². The van der Waals surface area contributed by atoms with Crippen molar-refractivity contribution < 1.29 is 0 Å². The summed E-state index contributed by atoms with van der Waals surface area (Å²) in [5.74, 6) is 0.651. The van der Waals surface area contributed by atoms with Crippen LogP contribution < -0.4 is 5.32 Å². The lowest BCUT2D eigenvalue weighted by atomic mass is 10.2. The first-order valence-corrected chi connectivity index (χ1v) is 8.33. The van der Waals surface area contributed by atoms with Crippen LogP contribution in [-0.4, -0.2) is 19.7 Å². The molecule has 0 radical (unpaired) electrons. The quantitative estimate of drug-likeness (QED) is 0.548. The number of fused-ring (bicyclic) bond motifs is 1. The number of rotatable bonds is 4. The molecule has 2 aromatic carbocycles. The van der Waals surface area contributed by atoms with Crippen LogP contribution in [0.5, 0.6) is 0 Å². The Morgan fingerprint density at radius 1 is 1.00 bits per heavy atom. The monoisotopic (exact) mass is 349 g/mol. The molecular formula is C19H16ClN5. The summed E-state index contributed by atoms with van der Waals surface area (Å²) < 4.78 is 1.83. The zero-order valence-electron chi connectivity index (χ0n) is 13.6. The van der Waals surface area contributed by atoms with Crippen LogP contribution in [0.25, 0.3) is 11.0 Å². The number of aryl methyl sites for hydroxylation is 1. The van der Waals surface area contributed by atoms with Gasteiger partial charge in [0.2, 0.25) is 5.28 Å². The number of hydrogen-bond donors (Lipinski definition) is 1. The van der Waals surface area contributed by atoms with Crippen LogP contribution in [0.1, 0.15) is 11.1 Å². The van der Waals surface area contributed by atoms with Gasteiger partial charge in [0.05, 0.1) is 18.1 Å². The van der Waals surface area contributed by atoms with Gasteiger partial charge in [0.25, 0.3) is 0 Å². The highest BCUT2D eigenvalue weighted by Gasteiger charge is 2.13. The van der Waals surface area contributed by atoms with Gasteiger partial charge in [-0.15, -0.1) is 0 Å². The zero-order valence-corrected chi connectivity index (χ0v) is 14.4. The van der Waals surface area contributed by atoms with Crippen molar-refractivity contribution in [2.45, 2.75) is 13.5 Å². The molecule has 0 spiro atoms. The van der Waals surface area contributed by atoms with Crippen LogP contribution in [0.15, 0.2) is 60.8 Å². The molecule has 0 aliphatic heterocycles. The highest BCUT2D eigenvalue weighted by molar-refractivity contribution is 6.28. The lowest BCUT2D eigenvalue weighted by Gasteiger charge is -2.08. The summed E-state index contributed by atoms with van der Waals surface area (Å²) in [5, 5.41) is 8.79. The average Bonchev–Trinajstić information content (AvgIpc) is 3.01. The highest BCUT2D eigenvalue weighted by Crippen LogP contribution is 2.25. The van der Waals surface area contributed by atoms with Gasteiger partial charge in [0, 0.05) is 5.69 Å². The summed E-state index contributed by atoms with van der Waals surface area (Å²) in [7, 11) is 0. The van der Waals surface area contributed by atoms with Crippen LogP contribution in [-0.2, 0) is 6.54 Å². The molecule has 0 aliphatic carbocycles. The fraction of sp³-hybridized carbons (Fsp3) is 0.105. The number of anilines is 2. The second kappa shape index (κ2) is 6.53. The number of halogens is 1. The molecule has 0 fully saturated rings. The molecule has 0 saturated carbocycles. The Hall–Kier alpha value is -2.92. The fourth-order valence-electron chi connectivity index (χ4n) is 2.67. The predicted octanol–water partition coefficient (Wildman–Crippen LogP) is 4.58. The second-order valence-electron chi connectivity index (χ2n) is 5.86. The largest absolute Gasteiger partial charge is 0.339 e. The van der Waals surface area contributed by atoms with Gasteiger partial charge in [-0.2, -0.15) is 15.1 Å². The number of nitrogens with zero attached hydrogens (tertiary/aromatic N) is 4. The molecule has 6 heteroatoms. The van der Waals surface area contributed by atoms with Gasteiger partial charge < -0.3 is 5.32 Å². The second-order valence-corrected chi connectivity index (χ2v) is 6.20. The van der Waals surface area contributed by atoms with E-state index >= 15 is 0 Å². The Morgan fingerprint density at radius 2 is 1.76 bits per heavy atom. The van der Waals surface area contributed by atoms with E-state index in [1.807, 2.05) is 47.1 Å². The van der Waals surface area contributed by atoms with Crippen LogP contribution in [0.3, 0.4) is 0 Å². The minimum absolute atomic E-state index is 0.192. The Labute approximate surface area is 150 Å². The summed E-state index contributed by atoms with van der Waals surface area (Å²) >= 11 is 6.14. The Morgan fingerprint density at radius 3 is 2.52 bits per heavy atom. The van der Waals surface area contributed by atoms with E-state index in [1.165, 1.54) is 5.56 Å². The summed E-state index contributed by atoms with van der Waals surface area (Å²) in [6.07, 6.45) is 1.77.